The Morgan fingerprint density at radius 1 is 1.32 bits per heavy atom. The highest BCUT2D eigenvalue weighted by Gasteiger charge is 2.46. The molecular formula is C23H34ClN3O. The van der Waals surface area contributed by atoms with E-state index >= 15 is 0 Å². The first-order valence-corrected chi connectivity index (χ1v) is 11.0. The van der Waals surface area contributed by atoms with E-state index in [-0.39, 0.29) is 11.0 Å². The number of nitrogens with zero attached hydrogens (tertiary/aromatic N) is 2. The summed E-state index contributed by atoms with van der Waals surface area (Å²) in [5.41, 5.74) is 2.36. The van der Waals surface area contributed by atoms with E-state index in [1.807, 2.05) is 44.5 Å². The summed E-state index contributed by atoms with van der Waals surface area (Å²) in [6.07, 6.45) is 16.3. The van der Waals surface area contributed by atoms with E-state index in [4.69, 9.17) is 21.3 Å². The van der Waals surface area contributed by atoms with Crippen molar-refractivity contribution in [3.63, 3.8) is 0 Å². The Balaban J connectivity index is 1.59. The number of allylic oxidation sites excluding steroid dienone is 2. The summed E-state index contributed by atoms with van der Waals surface area (Å²) < 4.78 is 6.30. The molecular weight excluding hydrogens is 370 g/mol. The molecule has 1 aliphatic heterocycles. The van der Waals surface area contributed by atoms with Crippen LogP contribution < -0.4 is 5.32 Å². The number of nitrogens with one attached hydrogen (secondary N) is 1. The van der Waals surface area contributed by atoms with Crippen molar-refractivity contribution in [1.29, 1.82) is 0 Å². The summed E-state index contributed by atoms with van der Waals surface area (Å²) >= 11 is 6.20. The Morgan fingerprint density at radius 2 is 2.14 bits per heavy atom. The van der Waals surface area contributed by atoms with Gasteiger partial charge in [-0.2, -0.15) is 0 Å². The monoisotopic (exact) mass is 403 g/mol. The molecule has 1 N–H and O–H groups in total. The van der Waals surface area contributed by atoms with E-state index < -0.39 is 0 Å². The number of hydrogen-bond donors (Lipinski definition) is 1. The van der Waals surface area contributed by atoms with Gasteiger partial charge in [-0.1, -0.05) is 30.5 Å². The minimum atomic E-state index is 0.114. The summed E-state index contributed by atoms with van der Waals surface area (Å²) in [6, 6.07) is 2.01. The molecule has 2 aliphatic rings. The van der Waals surface area contributed by atoms with Crippen molar-refractivity contribution in [2.24, 2.45) is 10.4 Å². The van der Waals surface area contributed by atoms with Gasteiger partial charge in [-0.05, 0) is 75.6 Å². The molecule has 1 saturated heterocycles. The lowest BCUT2D eigenvalue weighted by atomic mass is 9.70. The SMILES string of the molecule is C/C=C\C=NC[C@]1(CCNCc2cnc(C)c(Cl)c2)CCOC2(CCCC2)C1. The molecule has 1 aromatic heterocycles. The number of ether oxygens (including phenoxy) is 1. The maximum atomic E-state index is 6.30. The van der Waals surface area contributed by atoms with Crippen LogP contribution in [0.5, 0.6) is 0 Å². The summed E-state index contributed by atoms with van der Waals surface area (Å²) in [5.74, 6) is 0. The minimum absolute atomic E-state index is 0.114. The molecule has 1 atom stereocenters. The van der Waals surface area contributed by atoms with Crippen LogP contribution in [0.4, 0.5) is 0 Å². The van der Waals surface area contributed by atoms with E-state index in [2.05, 4.69) is 10.3 Å². The molecule has 1 spiro atoms. The van der Waals surface area contributed by atoms with Crippen molar-refractivity contribution < 1.29 is 4.74 Å². The number of rotatable bonds is 8. The molecule has 0 amide bonds. The van der Waals surface area contributed by atoms with Gasteiger partial charge < -0.3 is 10.1 Å². The van der Waals surface area contributed by atoms with Crippen LogP contribution >= 0.6 is 11.6 Å². The van der Waals surface area contributed by atoms with Crippen molar-refractivity contribution >= 4 is 17.8 Å². The van der Waals surface area contributed by atoms with E-state index in [1.54, 1.807) is 0 Å². The van der Waals surface area contributed by atoms with Crippen LogP contribution in [0.3, 0.4) is 0 Å². The average molecular weight is 404 g/mol. The maximum Gasteiger partial charge on any atom is 0.0688 e. The van der Waals surface area contributed by atoms with Crippen molar-refractivity contribution in [3.8, 4) is 0 Å². The van der Waals surface area contributed by atoms with Gasteiger partial charge in [0.1, 0.15) is 0 Å². The zero-order valence-corrected chi connectivity index (χ0v) is 18.1. The first-order chi connectivity index (χ1) is 13.6. The highest BCUT2D eigenvalue weighted by atomic mass is 35.5. The fourth-order valence-electron chi connectivity index (χ4n) is 4.70. The van der Waals surface area contributed by atoms with Gasteiger partial charge in [-0.25, -0.2) is 0 Å². The van der Waals surface area contributed by atoms with Gasteiger partial charge in [0.25, 0.3) is 0 Å². The third kappa shape index (κ3) is 5.65. The molecule has 4 nitrogen and oxygen atoms in total. The Labute approximate surface area is 174 Å². The number of hydrogen-bond acceptors (Lipinski definition) is 4. The van der Waals surface area contributed by atoms with Crippen molar-refractivity contribution in [3.05, 3.63) is 40.7 Å². The smallest absolute Gasteiger partial charge is 0.0688 e. The Hall–Kier alpha value is -1.23. The maximum absolute atomic E-state index is 6.30. The van der Waals surface area contributed by atoms with Crippen LogP contribution in [-0.4, -0.2) is 36.5 Å². The molecule has 0 aromatic carbocycles. The van der Waals surface area contributed by atoms with Gasteiger partial charge in [0.2, 0.25) is 0 Å². The molecule has 1 saturated carbocycles. The van der Waals surface area contributed by atoms with Gasteiger partial charge in [-0.3, -0.25) is 9.98 Å². The topological polar surface area (TPSA) is 46.5 Å². The van der Waals surface area contributed by atoms with Gasteiger partial charge in [0, 0.05) is 32.1 Å². The van der Waals surface area contributed by atoms with E-state index in [9.17, 15) is 0 Å². The highest BCUT2D eigenvalue weighted by Crippen LogP contribution is 2.48. The molecule has 1 aliphatic carbocycles. The second-order valence-electron chi connectivity index (χ2n) is 8.52. The lowest BCUT2D eigenvalue weighted by molar-refractivity contribution is -0.122. The van der Waals surface area contributed by atoms with Crippen molar-refractivity contribution in [1.82, 2.24) is 10.3 Å². The quantitative estimate of drug-likeness (QED) is 0.474. The average Bonchev–Trinajstić information content (AvgIpc) is 3.13. The molecule has 154 valence electrons. The fraction of sp³-hybridized carbons (Fsp3) is 0.652. The zero-order valence-electron chi connectivity index (χ0n) is 17.3. The number of pyridine rings is 1. The Kier molecular flexibility index (Phi) is 7.67. The lowest BCUT2D eigenvalue weighted by Crippen LogP contribution is -2.46. The van der Waals surface area contributed by atoms with Gasteiger partial charge in [-0.15, -0.1) is 0 Å². The zero-order chi connectivity index (χ0) is 19.9. The number of aliphatic imine (C=N–C) groups is 1. The van der Waals surface area contributed by atoms with Crippen molar-refractivity contribution in [2.75, 3.05) is 19.7 Å². The second-order valence-corrected chi connectivity index (χ2v) is 8.93. The van der Waals surface area contributed by atoms with E-state index in [1.165, 1.54) is 25.7 Å². The van der Waals surface area contributed by atoms with Crippen LogP contribution in [0.1, 0.15) is 63.1 Å². The molecule has 3 rings (SSSR count). The first-order valence-electron chi connectivity index (χ1n) is 10.6. The van der Waals surface area contributed by atoms with Crippen molar-refractivity contribution in [2.45, 2.75) is 70.9 Å². The lowest BCUT2D eigenvalue weighted by Gasteiger charge is -2.46. The predicted octanol–water partition coefficient (Wildman–Crippen LogP) is 5.28. The van der Waals surface area contributed by atoms with E-state index in [0.29, 0.717) is 0 Å². The Bertz CT molecular complexity index is 697. The van der Waals surface area contributed by atoms with Crippen LogP contribution in [0.25, 0.3) is 0 Å². The number of halogens is 1. The molecule has 2 heterocycles. The first kappa shape index (κ1) is 21.5. The highest BCUT2D eigenvalue weighted by molar-refractivity contribution is 6.31. The third-order valence-corrected chi connectivity index (χ3v) is 6.69. The minimum Gasteiger partial charge on any atom is -0.375 e. The Morgan fingerprint density at radius 3 is 2.89 bits per heavy atom. The summed E-state index contributed by atoms with van der Waals surface area (Å²) in [4.78, 5) is 9.10. The fourth-order valence-corrected chi connectivity index (χ4v) is 4.89. The molecule has 28 heavy (non-hydrogen) atoms. The second kappa shape index (κ2) is 10.00. The van der Waals surface area contributed by atoms with Crippen LogP contribution in [0.2, 0.25) is 5.02 Å². The van der Waals surface area contributed by atoms with Gasteiger partial charge in [0.15, 0.2) is 0 Å². The normalized spacial score (nSPS) is 24.7. The third-order valence-electron chi connectivity index (χ3n) is 6.31. The number of aryl methyl sites for hydroxylation is 1. The molecule has 2 fully saturated rings. The largest absolute Gasteiger partial charge is 0.375 e. The van der Waals surface area contributed by atoms with Crippen LogP contribution in [-0.2, 0) is 11.3 Å². The summed E-state index contributed by atoms with van der Waals surface area (Å²) in [6.45, 7) is 7.49. The molecule has 0 unspecified atom stereocenters. The van der Waals surface area contributed by atoms with E-state index in [0.717, 1.165) is 61.8 Å². The predicted molar refractivity (Wildman–Crippen MR) is 117 cm³/mol. The summed E-state index contributed by atoms with van der Waals surface area (Å²) in [7, 11) is 0. The van der Waals surface area contributed by atoms with Crippen LogP contribution in [0, 0.1) is 12.3 Å². The molecule has 5 heteroatoms. The summed E-state index contributed by atoms with van der Waals surface area (Å²) in [5, 5.41) is 4.33. The standard InChI is InChI=1S/C23H34ClN3O/c1-3-4-11-26-18-22(10-13-28-23(17-22)7-5-6-8-23)9-12-25-15-20-14-21(24)19(2)27-16-20/h3-4,11,14,16,25H,5-10,12-13,15,17-18H2,1-2H3/b4-3-,26-11?/t22-/m1/s1. The van der Waals surface area contributed by atoms with Crippen LogP contribution in [0.15, 0.2) is 29.4 Å². The molecule has 1 aromatic rings. The molecule has 0 bridgehead atoms. The van der Waals surface area contributed by atoms with Gasteiger partial charge in [0.05, 0.1) is 16.3 Å². The number of aromatic nitrogens is 1. The van der Waals surface area contributed by atoms with Gasteiger partial charge >= 0.3 is 0 Å². The molecule has 0 radical (unpaired) electrons.